The van der Waals surface area contributed by atoms with E-state index < -0.39 is 33.1 Å². The monoisotopic (exact) mass is 333 g/mol. The molecule has 0 radical (unpaired) electrons. The second kappa shape index (κ2) is 6.00. The minimum absolute atomic E-state index is 0.0151. The summed E-state index contributed by atoms with van der Waals surface area (Å²) in [6, 6.07) is 0. The van der Waals surface area contributed by atoms with Crippen molar-refractivity contribution in [2.75, 3.05) is 23.9 Å². The molecule has 0 unspecified atom stereocenters. The summed E-state index contributed by atoms with van der Waals surface area (Å²) in [6.07, 6.45) is -2.63. The molecule has 0 bridgehead atoms. The summed E-state index contributed by atoms with van der Waals surface area (Å²) in [7, 11) is -3.21. The molecule has 0 aliphatic carbocycles. The molecule has 1 N–H and O–H groups in total. The number of halogens is 4. The molecule has 1 rings (SSSR count). The molecule has 0 aromatic carbocycles. The first-order valence-corrected chi connectivity index (χ1v) is 7.67. The van der Waals surface area contributed by atoms with Crippen LogP contribution >= 0.6 is 11.6 Å². The molecular weight excluding hydrogens is 323 g/mol. The Morgan fingerprint density at radius 3 is 2.55 bits per heavy atom. The Balaban J connectivity index is 2.87. The Morgan fingerprint density at radius 1 is 1.45 bits per heavy atom. The topological polar surface area (TPSA) is 81.1 Å². The van der Waals surface area contributed by atoms with Gasteiger partial charge in [-0.05, 0) is 0 Å². The first-order valence-electron chi connectivity index (χ1n) is 5.23. The van der Waals surface area contributed by atoms with Crippen LogP contribution in [0.2, 0.25) is 5.02 Å². The van der Waals surface area contributed by atoms with Crippen LogP contribution in [0.4, 0.5) is 18.9 Å². The standard InChI is InChI=1S/C9H11ClF3N3O3S/c1-20(18,19)3-2-14-6-4-15-16(5-9(11,12)13)8(17)7(6)10/h4,14H,2-3,5H2,1H3. The van der Waals surface area contributed by atoms with Crippen molar-refractivity contribution in [3.8, 4) is 0 Å². The lowest BCUT2D eigenvalue weighted by atomic mass is 10.4. The van der Waals surface area contributed by atoms with Crippen molar-refractivity contribution in [2.45, 2.75) is 12.7 Å². The second-order valence-corrected chi connectivity index (χ2v) is 6.64. The van der Waals surface area contributed by atoms with E-state index in [0.29, 0.717) is 0 Å². The first-order chi connectivity index (χ1) is 8.99. The smallest absolute Gasteiger partial charge is 0.381 e. The summed E-state index contributed by atoms with van der Waals surface area (Å²) in [5.74, 6) is -0.213. The van der Waals surface area contributed by atoms with Gasteiger partial charge in [0.2, 0.25) is 0 Å². The Bertz CT molecular complexity index is 642. The average Bonchev–Trinajstić information content (AvgIpc) is 2.25. The lowest BCUT2D eigenvalue weighted by Gasteiger charge is -2.11. The van der Waals surface area contributed by atoms with Gasteiger partial charge in [-0.3, -0.25) is 4.79 Å². The third-order valence-electron chi connectivity index (χ3n) is 2.10. The van der Waals surface area contributed by atoms with Crippen molar-refractivity contribution in [3.05, 3.63) is 21.6 Å². The van der Waals surface area contributed by atoms with E-state index in [9.17, 15) is 26.4 Å². The van der Waals surface area contributed by atoms with Gasteiger partial charge in [-0.1, -0.05) is 11.6 Å². The van der Waals surface area contributed by atoms with E-state index in [0.717, 1.165) is 12.5 Å². The van der Waals surface area contributed by atoms with Crippen molar-refractivity contribution < 1.29 is 21.6 Å². The summed E-state index contributed by atoms with van der Waals surface area (Å²) < 4.78 is 58.5. The van der Waals surface area contributed by atoms with E-state index in [1.165, 1.54) is 0 Å². The van der Waals surface area contributed by atoms with Crippen LogP contribution in [0.1, 0.15) is 0 Å². The number of aromatic nitrogens is 2. The van der Waals surface area contributed by atoms with E-state index >= 15 is 0 Å². The van der Waals surface area contributed by atoms with Crippen molar-refractivity contribution >= 4 is 27.1 Å². The molecule has 0 aliphatic heterocycles. The van der Waals surface area contributed by atoms with Gasteiger partial charge in [0, 0.05) is 12.8 Å². The van der Waals surface area contributed by atoms with Gasteiger partial charge in [0.25, 0.3) is 5.56 Å². The molecule has 6 nitrogen and oxygen atoms in total. The van der Waals surface area contributed by atoms with Gasteiger partial charge in [-0.25, -0.2) is 13.1 Å². The zero-order valence-electron chi connectivity index (χ0n) is 10.2. The first kappa shape index (κ1) is 16.8. The van der Waals surface area contributed by atoms with Crippen LogP contribution < -0.4 is 10.9 Å². The number of sulfone groups is 1. The molecule has 1 aromatic heterocycles. The lowest BCUT2D eigenvalue weighted by Crippen LogP contribution is -2.31. The molecule has 0 amide bonds. The molecule has 0 aliphatic rings. The maximum atomic E-state index is 12.2. The molecule has 0 fully saturated rings. The van der Waals surface area contributed by atoms with Gasteiger partial charge in [0.15, 0.2) is 0 Å². The highest BCUT2D eigenvalue weighted by atomic mass is 35.5. The van der Waals surface area contributed by atoms with E-state index in [-0.39, 0.29) is 22.7 Å². The van der Waals surface area contributed by atoms with Crippen molar-refractivity contribution in [1.82, 2.24) is 9.78 Å². The number of rotatable bonds is 5. The largest absolute Gasteiger partial charge is 0.408 e. The Kier molecular flexibility index (Phi) is 5.03. The van der Waals surface area contributed by atoms with Crippen LogP contribution in [0, 0.1) is 0 Å². The fraction of sp³-hybridized carbons (Fsp3) is 0.556. The zero-order valence-corrected chi connectivity index (χ0v) is 11.8. The van der Waals surface area contributed by atoms with Gasteiger partial charge in [0.1, 0.15) is 21.4 Å². The maximum absolute atomic E-state index is 12.2. The molecule has 0 saturated carbocycles. The molecular formula is C9H11ClF3N3O3S. The second-order valence-electron chi connectivity index (χ2n) is 4.01. The number of nitrogens with zero attached hydrogens (tertiary/aromatic N) is 2. The van der Waals surface area contributed by atoms with E-state index in [1.54, 1.807) is 0 Å². The predicted molar refractivity (Wildman–Crippen MR) is 67.8 cm³/mol. The quantitative estimate of drug-likeness (QED) is 0.866. The van der Waals surface area contributed by atoms with Crippen molar-refractivity contribution in [2.24, 2.45) is 0 Å². The average molecular weight is 334 g/mol. The summed E-state index contributed by atoms with van der Waals surface area (Å²) in [5.41, 5.74) is -1.12. The molecule has 0 atom stereocenters. The normalized spacial score (nSPS) is 12.4. The summed E-state index contributed by atoms with van der Waals surface area (Å²) in [6.45, 7) is -1.59. The number of nitrogens with one attached hydrogen (secondary N) is 1. The highest BCUT2D eigenvalue weighted by molar-refractivity contribution is 7.90. The number of hydrogen-bond donors (Lipinski definition) is 1. The Hall–Kier alpha value is -1.29. The summed E-state index contributed by atoms with van der Waals surface area (Å²) in [4.78, 5) is 11.5. The summed E-state index contributed by atoms with van der Waals surface area (Å²) in [5, 5.41) is 5.39. The molecule has 1 aromatic rings. The fourth-order valence-corrected chi connectivity index (χ4v) is 1.93. The zero-order chi connectivity index (χ0) is 15.6. The SMILES string of the molecule is CS(=O)(=O)CCNc1cnn(CC(F)(F)F)c(=O)c1Cl. The third kappa shape index (κ3) is 5.37. The third-order valence-corrected chi connectivity index (χ3v) is 3.41. The van der Waals surface area contributed by atoms with Gasteiger partial charge in [-0.15, -0.1) is 0 Å². The fourth-order valence-electron chi connectivity index (χ4n) is 1.24. The predicted octanol–water partition coefficient (Wildman–Crippen LogP) is 0.915. The maximum Gasteiger partial charge on any atom is 0.408 e. The van der Waals surface area contributed by atoms with Crippen LogP contribution in [0.15, 0.2) is 11.0 Å². The van der Waals surface area contributed by atoms with E-state index in [1.807, 2.05) is 0 Å². The van der Waals surface area contributed by atoms with Crippen molar-refractivity contribution in [3.63, 3.8) is 0 Å². The van der Waals surface area contributed by atoms with Gasteiger partial charge < -0.3 is 5.32 Å². The number of hydrogen-bond acceptors (Lipinski definition) is 5. The van der Waals surface area contributed by atoms with Gasteiger partial charge in [0.05, 0.1) is 17.6 Å². The molecule has 20 heavy (non-hydrogen) atoms. The molecule has 1 heterocycles. The van der Waals surface area contributed by atoms with E-state index in [4.69, 9.17) is 11.6 Å². The minimum atomic E-state index is -4.59. The molecule has 0 spiro atoms. The van der Waals surface area contributed by atoms with Crippen molar-refractivity contribution in [1.29, 1.82) is 0 Å². The number of alkyl halides is 3. The lowest BCUT2D eigenvalue weighted by molar-refractivity contribution is -0.143. The van der Waals surface area contributed by atoms with Crippen LogP contribution in [0.5, 0.6) is 0 Å². The van der Waals surface area contributed by atoms with Gasteiger partial charge >= 0.3 is 6.18 Å². The van der Waals surface area contributed by atoms with Crippen LogP contribution in [0.25, 0.3) is 0 Å². The molecule has 11 heteroatoms. The highest BCUT2D eigenvalue weighted by Gasteiger charge is 2.29. The molecule has 114 valence electrons. The molecule has 0 saturated heterocycles. The summed E-state index contributed by atoms with van der Waals surface area (Å²) >= 11 is 5.62. The minimum Gasteiger partial charge on any atom is -0.381 e. The van der Waals surface area contributed by atoms with Gasteiger partial charge in [-0.2, -0.15) is 18.3 Å². The van der Waals surface area contributed by atoms with Crippen LogP contribution in [-0.4, -0.2) is 42.9 Å². The highest BCUT2D eigenvalue weighted by Crippen LogP contribution is 2.18. The van der Waals surface area contributed by atoms with Crippen LogP contribution in [-0.2, 0) is 16.4 Å². The van der Waals surface area contributed by atoms with E-state index in [2.05, 4.69) is 10.4 Å². The Labute approximate surface area is 117 Å². The number of anilines is 1. The Morgan fingerprint density at radius 2 is 2.05 bits per heavy atom. The van der Waals surface area contributed by atoms with Crippen LogP contribution in [0.3, 0.4) is 0 Å².